The van der Waals surface area contributed by atoms with Gasteiger partial charge in [-0.3, -0.25) is 14.3 Å². The molecule has 2 aromatic heterocycles. The topological polar surface area (TPSA) is 61.2 Å². The number of carbonyl (C=O) groups excluding carboxylic acids is 1. The molecule has 0 unspecified atom stereocenters. The number of halogens is 4. The van der Waals surface area contributed by atoms with Gasteiger partial charge in [0.05, 0.1) is 33.2 Å². The number of aromatic nitrogens is 2. The Labute approximate surface area is 166 Å². The Morgan fingerprint density at radius 2 is 2.04 bits per heavy atom. The number of nitrogens with zero attached hydrogens (tertiary/aromatic N) is 2. The molecule has 146 valence electrons. The fourth-order valence-electron chi connectivity index (χ4n) is 2.78. The Kier molecular flexibility index (Phi) is 5.66. The first-order valence-corrected chi connectivity index (χ1v) is 9.50. The van der Waals surface area contributed by atoms with Crippen LogP contribution in [0.2, 0.25) is 5.02 Å². The van der Waals surface area contributed by atoms with Crippen LogP contribution in [0.15, 0.2) is 34.3 Å². The normalized spacial score (nSPS) is 11.1. The summed E-state index contributed by atoms with van der Waals surface area (Å²) in [6.45, 7) is 1.52. The van der Waals surface area contributed by atoms with Crippen molar-refractivity contribution < 1.29 is 22.7 Å². The van der Waals surface area contributed by atoms with Crippen molar-refractivity contribution in [1.29, 1.82) is 0 Å². The van der Waals surface area contributed by atoms with Gasteiger partial charge in [-0.1, -0.05) is 11.6 Å². The minimum Gasteiger partial charge on any atom is -0.462 e. The van der Waals surface area contributed by atoms with E-state index in [0.717, 1.165) is 16.3 Å². The summed E-state index contributed by atoms with van der Waals surface area (Å²) in [7, 11) is 0. The van der Waals surface area contributed by atoms with Gasteiger partial charge in [0.15, 0.2) is 17.5 Å². The lowest BCUT2D eigenvalue weighted by molar-refractivity contribution is 0.0519. The number of hydrogen-bond donors (Lipinski definition) is 0. The van der Waals surface area contributed by atoms with Crippen LogP contribution in [0, 0.1) is 17.5 Å². The Balaban J connectivity index is 2.64. The highest BCUT2D eigenvalue weighted by Crippen LogP contribution is 2.33. The predicted octanol–water partition coefficient (Wildman–Crippen LogP) is 4.36. The minimum atomic E-state index is -1.75. The molecule has 0 atom stereocenters. The Morgan fingerprint density at radius 1 is 1.32 bits per heavy atom. The van der Waals surface area contributed by atoms with Crippen LogP contribution in [0.5, 0.6) is 0 Å². The number of esters is 1. The predicted molar refractivity (Wildman–Crippen MR) is 100.0 cm³/mol. The Morgan fingerprint density at radius 3 is 2.64 bits per heavy atom. The fraction of sp³-hybridized carbons (Fsp3) is 0.167. The maximum Gasteiger partial charge on any atom is 0.344 e. The smallest absolute Gasteiger partial charge is 0.344 e. The molecule has 0 amide bonds. The number of thioether (sulfide) groups is 1. The van der Waals surface area contributed by atoms with Gasteiger partial charge < -0.3 is 4.74 Å². The molecule has 2 heterocycles. The highest BCUT2D eigenvalue weighted by atomic mass is 35.5. The lowest BCUT2D eigenvalue weighted by Crippen LogP contribution is -2.24. The van der Waals surface area contributed by atoms with Crippen molar-refractivity contribution in [3.05, 3.63) is 62.8 Å². The zero-order valence-corrected chi connectivity index (χ0v) is 16.1. The molecular formula is C18H12ClF3N2O3S. The number of rotatable bonds is 4. The molecule has 0 saturated heterocycles. The van der Waals surface area contributed by atoms with E-state index in [2.05, 4.69) is 4.98 Å². The molecule has 0 saturated carbocycles. The van der Waals surface area contributed by atoms with Crippen LogP contribution in [0.4, 0.5) is 13.2 Å². The van der Waals surface area contributed by atoms with Crippen LogP contribution >= 0.6 is 23.4 Å². The second-order valence-electron chi connectivity index (χ2n) is 5.48. The first-order valence-electron chi connectivity index (χ1n) is 7.90. The summed E-state index contributed by atoms with van der Waals surface area (Å²) in [5, 5.41) is -0.513. The first-order chi connectivity index (χ1) is 13.3. The van der Waals surface area contributed by atoms with Gasteiger partial charge in [0, 0.05) is 12.4 Å². The first kappa shape index (κ1) is 20.2. The SMILES string of the molecule is CCOC(=O)c1c(SC)n(-c2ccncc2Cl)c2c(F)c(F)c(F)cc2c1=O. The second-order valence-corrected chi connectivity index (χ2v) is 6.68. The van der Waals surface area contributed by atoms with Gasteiger partial charge in [-0.2, -0.15) is 0 Å². The van der Waals surface area contributed by atoms with Crippen molar-refractivity contribution in [2.75, 3.05) is 12.9 Å². The molecule has 0 fully saturated rings. The van der Waals surface area contributed by atoms with E-state index in [1.165, 1.54) is 24.7 Å². The third-order valence-electron chi connectivity index (χ3n) is 3.91. The van der Waals surface area contributed by atoms with Gasteiger partial charge in [-0.25, -0.2) is 18.0 Å². The number of ether oxygens (including phenoxy) is 1. The third-order valence-corrected chi connectivity index (χ3v) is 4.98. The van der Waals surface area contributed by atoms with E-state index in [-0.39, 0.29) is 22.3 Å². The summed E-state index contributed by atoms with van der Waals surface area (Å²) in [5.41, 5.74) is -1.83. The average molecular weight is 429 g/mol. The van der Waals surface area contributed by atoms with Crippen molar-refractivity contribution >= 4 is 40.2 Å². The summed E-state index contributed by atoms with van der Waals surface area (Å²) in [6.07, 6.45) is 4.14. The summed E-state index contributed by atoms with van der Waals surface area (Å²) >= 11 is 7.09. The van der Waals surface area contributed by atoms with E-state index in [1.54, 1.807) is 6.92 Å². The molecule has 0 spiro atoms. The summed E-state index contributed by atoms with van der Waals surface area (Å²) < 4.78 is 48.6. The summed E-state index contributed by atoms with van der Waals surface area (Å²) in [4.78, 5) is 29.1. The Hall–Kier alpha value is -2.52. The van der Waals surface area contributed by atoms with E-state index in [1.807, 2.05) is 0 Å². The minimum absolute atomic E-state index is 0.0215. The number of fused-ring (bicyclic) bond motifs is 1. The molecular weight excluding hydrogens is 417 g/mol. The molecule has 5 nitrogen and oxygen atoms in total. The number of pyridine rings is 2. The molecule has 3 rings (SSSR count). The molecule has 0 aliphatic carbocycles. The fourth-order valence-corrected chi connectivity index (χ4v) is 3.73. The van der Waals surface area contributed by atoms with Crippen molar-refractivity contribution in [2.24, 2.45) is 0 Å². The van der Waals surface area contributed by atoms with Gasteiger partial charge in [0.25, 0.3) is 0 Å². The van der Waals surface area contributed by atoms with Crippen LogP contribution in [0.1, 0.15) is 17.3 Å². The standard InChI is InChI=1S/C18H12ClF3N2O3S/c1-3-27-18(26)12-16(25)8-6-10(20)13(21)14(22)15(8)24(17(12)28-2)11-4-5-23-7-9(11)19/h4-7H,3H2,1-2H3. The van der Waals surface area contributed by atoms with Crippen molar-refractivity contribution in [3.8, 4) is 5.69 Å². The molecule has 1 aromatic carbocycles. The van der Waals surface area contributed by atoms with E-state index in [0.29, 0.717) is 6.07 Å². The van der Waals surface area contributed by atoms with Gasteiger partial charge in [-0.15, -0.1) is 11.8 Å². The molecule has 0 bridgehead atoms. The molecule has 10 heteroatoms. The number of carbonyl (C=O) groups is 1. The molecule has 0 radical (unpaired) electrons. The quantitative estimate of drug-likeness (QED) is 0.351. The van der Waals surface area contributed by atoms with E-state index < -0.39 is 45.3 Å². The highest BCUT2D eigenvalue weighted by Gasteiger charge is 2.28. The van der Waals surface area contributed by atoms with Gasteiger partial charge >= 0.3 is 5.97 Å². The maximum atomic E-state index is 14.8. The number of hydrogen-bond acceptors (Lipinski definition) is 5. The van der Waals surface area contributed by atoms with Crippen molar-refractivity contribution in [3.63, 3.8) is 0 Å². The summed E-state index contributed by atoms with van der Waals surface area (Å²) in [5.74, 6) is -5.85. The molecule has 3 aromatic rings. The van der Waals surface area contributed by atoms with Crippen LogP contribution in [0.3, 0.4) is 0 Å². The zero-order valence-electron chi connectivity index (χ0n) is 14.6. The average Bonchev–Trinajstić information content (AvgIpc) is 2.67. The van der Waals surface area contributed by atoms with E-state index in [4.69, 9.17) is 16.3 Å². The Bertz CT molecular complexity index is 1170. The second kappa shape index (κ2) is 7.84. The van der Waals surface area contributed by atoms with Crippen LogP contribution < -0.4 is 5.43 Å². The molecule has 0 N–H and O–H groups in total. The van der Waals surface area contributed by atoms with Crippen molar-refractivity contribution in [1.82, 2.24) is 9.55 Å². The van der Waals surface area contributed by atoms with Gasteiger partial charge in [0.2, 0.25) is 5.43 Å². The molecule has 0 aliphatic heterocycles. The van der Waals surface area contributed by atoms with Crippen LogP contribution in [-0.4, -0.2) is 28.4 Å². The highest BCUT2D eigenvalue weighted by molar-refractivity contribution is 7.98. The largest absolute Gasteiger partial charge is 0.462 e. The number of benzene rings is 1. The zero-order chi connectivity index (χ0) is 20.6. The van der Waals surface area contributed by atoms with Gasteiger partial charge in [-0.05, 0) is 25.3 Å². The van der Waals surface area contributed by atoms with Crippen molar-refractivity contribution in [2.45, 2.75) is 11.9 Å². The lowest BCUT2D eigenvalue weighted by atomic mass is 10.1. The lowest BCUT2D eigenvalue weighted by Gasteiger charge is -2.20. The van der Waals surface area contributed by atoms with Gasteiger partial charge in [0.1, 0.15) is 5.56 Å². The monoisotopic (exact) mass is 428 g/mol. The van der Waals surface area contributed by atoms with Crippen LogP contribution in [-0.2, 0) is 4.74 Å². The van der Waals surface area contributed by atoms with E-state index >= 15 is 0 Å². The van der Waals surface area contributed by atoms with E-state index in [9.17, 15) is 22.8 Å². The third kappa shape index (κ3) is 3.14. The molecule has 0 aliphatic rings. The molecule has 28 heavy (non-hydrogen) atoms. The maximum absolute atomic E-state index is 14.8. The van der Waals surface area contributed by atoms with Crippen LogP contribution in [0.25, 0.3) is 16.6 Å². The summed E-state index contributed by atoms with van der Waals surface area (Å²) in [6, 6.07) is 1.94.